The van der Waals surface area contributed by atoms with Crippen molar-refractivity contribution in [1.82, 2.24) is 15.3 Å². The molecular weight excluding hydrogens is 388 g/mol. The van der Waals surface area contributed by atoms with Gasteiger partial charge in [-0.3, -0.25) is 14.4 Å². The molecular formula is C21H30N4O5. The fourth-order valence-electron chi connectivity index (χ4n) is 3.47. The van der Waals surface area contributed by atoms with Crippen molar-refractivity contribution in [3.63, 3.8) is 0 Å². The van der Waals surface area contributed by atoms with Gasteiger partial charge < -0.3 is 20.8 Å². The largest absolute Gasteiger partial charge is 0.432 e. The van der Waals surface area contributed by atoms with Gasteiger partial charge in [0.05, 0.1) is 0 Å². The highest BCUT2D eigenvalue weighted by Gasteiger charge is 2.33. The van der Waals surface area contributed by atoms with Gasteiger partial charge in [-0.2, -0.15) is 0 Å². The molecule has 1 saturated heterocycles. The third kappa shape index (κ3) is 6.28. The molecule has 1 aliphatic heterocycles. The molecule has 0 aromatic carbocycles. The van der Waals surface area contributed by atoms with E-state index in [2.05, 4.69) is 5.32 Å². The maximum absolute atomic E-state index is 11.9. The van der Waals surface area contributed by atoms with Crippen LogP contribution < -0.4 is 11.1 Å². The summed E-state index contributed by atoms with van der Waals surface area (Å²) in [5.74, 6) is -1.56. The van der Waals surface area contributed by atoms with E-state index in [1.54, 1.807) is 6.08 Å². The summed E-state index contributed by atoms with van der Waals surface area (Å²) in [6.07, 6.45) is 9.25. The number of nitrogens with zero attached hydrogens (tertiary/aromatic N) is 2. The number of carbonyl (C=O) groups is 4. The predicted octanol–water partition coefficient (Wildman–Crippen LogP) is 1.28. The topological polar surface area (TPSA) is 122 Å². The van der Waals surface area contributed by atoms with Crippen molar-refractivity contribution in [2.45, 2.75) is 33.1 Å². The van der Waals surface area contributed by atoms with Gasteiger partial charge in [-0.05, 0) is 20.5 Å². The molecule has 1 fully saturated rings. The van der Waals surface area contributed by atoms with E-state index in [0.29, 0.717) is 23.6 Å². The molecule has 9 heteroatoms. The highest BCUT2D eigenvalue weighted by Crippen LogP contribution is 2.33. The lowest BCUT2D eigenvalue weighted by atomic mass is 9.78. The third-order valence-electron chi connectivity index (χ3n) is 5.03. The van der Waals surface area contributed by atoms with E-state index in [0.717, 1.165) is 0 Å². The predicted molar refractivity (Wildman–Crippen MR) is 111 cm³/mol. The SMILES string of the molecule is CN(C)CC1(C)/C=C\C(C)(CCNC(=O)ON2C(=O)CCC2=O)/C=C\C(C(N)=O)=C/1. The number of nitrogens with two attached hydrogens (primary N) is 1. The van der Waals surface area contributed by atoms with Gasteiger partial charge in [0.25, 0.3) is 11.8 Å². The van der Waals surface area contributed by atoms with Gasteiger partial charge in [-0.15, -0.1) is 5.06 Å². The second-order valence-corrected chi connectivity index (χ2v) is 8.52. The van der Waals surface area contributed by atoms with E-state index in [-0.39, 0.29) is 19.4 Å². The average Bonchev–Trinajstić information content (AvgIpc) is 2.94. The first kappa shape index (κ1) is 23.3. The molecule has 0 radical (unpaired) electrons. The van der Waals surface area contributed by atoms with Gasteiger partial charge in [0, 0.05) is 42.3 Å². The van der Waals surface area contributed by atoms with Gasteiger partial charge in [-0.1, -0.05) is 44.2 Å². The van der Waals surface area contributed by atoms with Gasteiger partial charge in [0.1, 0.15) is 0 Å². The number of carbonyl (C=O) groups excluding carboxylic acids is 4. The molecule has 3 N–H and O–H groups in total. The maximum atomic E-state index is 11.9. The molecule has 0 saturated carbocycles. The van der Waals surface area contributed by atoms with E-state index < -0.39 is 34.6 Å². The number of hydrogen-bond acceptors (Lipinski definition) is 6. The molecule has 164 valence electrons. The Kier molecular flexibility index (Phi) is 7.20. The Balaban J connectivity index is 2.05. The minimum Gasteiger partial charge on any atom is -0.366 e. The summed E-state index contributed by atoms with van der Waals surface area (Å²) in [5, 5.41) is 3.06. The van der Waals surface area contributed by atoms with Crippen LogP contribution in [-0.2, 0) is 19.2 Å². The van der Waals surface area contributed by atoms with E-state index in [1.807, 2.05) is 57.1 Å². The summed E-state index contributed by atoms with van der Waals surface area (Å²) < 4.78 is 0. The van der Waals surface area contributed by atoms with E-state index in [9.17, 15) is 19.2 Å². The van der Waals surface area contributed by atoms with Gasteiger partial charge >= 0.3 is 6.09 Å². The lowest BCUT2D eigenvalue weighted by Gasteiger charge is -2.31. The van der Waals surface area contributed by atoms with Crippen LogP contribution in [0.25, 0.3) is 0 Å². The number of allylic oxidation sites excluding steroid dienone is 2. The second-order valence-electron chi connectivity index (χ2n) is 8.52. The van der Waals surface area contributed by atoms with Gasteiger partial charge in [0.15, 0.2) is 0 Å². The molecule has 1 heterocycles. The third-order valence-corrected chi connectivity index (χ3v) is 5.03. The molecule has 9 nitrogen and oxygen atoms in total. The fraction of sp³-hybridized carbons (Fsp3) is 0.524. The monoisotopic (exact) mass is 418 g/mol. The number of rotatable bonds is 7. The van der Waals surface area contributed by atoms with Crippen molar-refractivity contribution in [3.8, 4) is 0 Å². The summed E-state index contributed by atoms with van der Waals surface area (Å²) >= 11 is 0. The minimum atomic E-state index is -0.865. The molecule has 0 bridgehead atoms. The van der Waals surface area contributed by atoms with Crippen molar-refractivity contribution in [2.75, 3.05) is 27.2 Å². The fourth-order valence-corrected chi connectivity index (χ4v) is 3.47. The summed E-state index contributed by atoms with van der Waals surface area (Å²) in [7, 11) is 3.91. The number of nitrogens with one attached hydrogen (secondary N) is 1. The minimum absolute atomic E-state index is 0.0429. The van der Waals surface area contributed by atoms with Crippen LogP contribution in [0.1, 0.15) is 33.1 Å². The van der Waals surface area contributed by atoms with Crippen molar-refractivity contribution < 1.29 is 24.0 Å². The first-order valence-corrected chi connectivity index (χ1v) is 9.82. The van der Waals surface area contributed by atoms with Crippen LogP contribution >= 0.6 is 0 Å². The summed E-state index contributed by atoms with van der Waals surface area (Å²) in [4.78, 5) is 53.7. The smallest absolute Gasteiger partial charge is 0.366 e. The summed E-state index contributed by atoms with van der Waals surface area (Å²) in [6.45, 7) is 4.92. The summed E-state index contributed by atoms with van der Waals surface area (Å²) in [5.41, 5.74) is 5.10. The van der Waals surface area contributed by atoms with Gasteiger partial charge in [0.2, 0.25) is 5.91 Å². The highest BCUT2D eigenvalue weighted by atomic mass is 16.7. The molecule has 0 aromatic rings. The molecule has 30 heavy (non-hydrogen) atoms. The van der Waals surface area contributed by atoms with Crippen LogP contribution in [0.5, 0.6) is 0 Å². The first-order valence-electron chi connectivity index (χ1n) is 9.82. The van der Waals surface area contributed by atoms with Crippen LogP contribution in [-0.4, -0.2) is 61.0 Å². The molecule has 4 amide bonds. The zero-order valence-electron chi connectivity index (χ0n) is 17.9. The van der Waals surface area contributed by atoms with Crippen molar-refractivity contribution in [1.29, 1.82) is 0 Å². The van der Waals surface area contributed by atoms with Crippen LogP contribution in [0.4, 0.5) is 4.79 Å². The Morgan fingerprint density at radius 2 is 1.73 bits per heavy atom. The van der Waals surface area contributed by atoms with Crippen molar-refractivity contribution in [3.05, 3.63) is 36.0 Å². The number of primary amides is 1. The number of hydrogen-bond donors (Lipinski definition) is 2. The Hall–Kier alpha value is -2.94. The van der Waals surface area contributed by atoms with Crippen LogP contribution in [0.15, 0.2) is 36.0 Å². The average molecular weight is 418 g/mol. The van der Waals surface area contributed by atoms with Crippen LogP contribution in [0, 0.1) is 10.8 Å². The van der Waals surface area contributed by atoms with E-state index >= 15 is 0 Å². The lowest BCUT2D eigenvalue weighted by molar-refractivity contribution is -0.171. The Labute approximate surface area is 176 Å². The zero-order chi connectivity index (χ0) is 22.5. The molecule has 0 spiro atoms. The molecule has 0 aromatic heterocycles. The van der Waals surface area contributed by atoms with E-state index in [4.69, 9.17) is 10.6 Å². The Bertz CT molecular complexity index is 800. The second kappa shape index (κ2) is 9.25. The number of amides is 4. The molecule has 2 rings (SSSR count). The van der Waals surface area contributed by atoms with E-state index in [1.165, 1.54) is 0 Å². The standard InChI is InChI=1S/C21H30N4O5/c1-20(11-12-23-19(29)30-25-16(26)5-6-17(25)27)8-7-15(18(22)28)13-21(2,10-9-20)14-24(3)4/h7-10,13H,5-6,11-12,14H2,1-4H3,(H2,22,28)(H,23,29)/b8-7-,10-9-,15-13+. The molecule has 2 unspecified atom stereocenters. The highest BCUT2D eigenvalue weighted by molar-refractivity contribution is 6.01. The molecule has 2 aliphatic rings. The lowest BCUT2D eigenvalue weighted by Crippen LogP contribution is -2.38. The maximum Gasteiger partial charge on any atom is 0.432 e. The number of imide groups is 1. The normalized spacial score (nSPS) is 30.3. The van der Waals surface area contributed by atoms with Crippen LogP contribution in [0.2, 0.25) is 0 Å². The summed E-state index contributed by atoms with van der Waals surface area (Å²) in [6, 6.07) is 0. The van der Waals surface area contributed by atoms with Crippen LogP contribution in [0.3, 0.4) is 0 Å². The quantitative estimate of drug-likeness (QED) is 0.474. The van der Waals surface area contributed by atoms with Crippen molar-refractivity contribution in [2.24, 2.45) is 16.6 Å². The molecule has 2 atom stereocenters. The molecule has 1 aliphatic carbocycles. The van der Waals surface area contributed by atoms with Crippen molar-refractivity contribution >= 4 is 23.8 Å². The Morgan fingerprint density at radius 1 is 1.13 bits per heavy atom. The van der Waals surface area contributed by atoms with Gasteiger partial charge in [-0.25, -0.2) is 4.79 Å². The Morgan fingerprint density at radius 3 is 2.30 bits per heavy atom. The zero-order valence-corrected chi connectivity index (χ0v) is 17.9. The first-order chi connectivity index (χ1) is 13.9. The number of hydroxylamine groups is 2.